The number of aromatic nitrogens is 2. The maximum Gasteiger partial charge on any atom is 0.323 e. The summed E-state index contributed by atoms with van der Waals surface area (Å²) in [6, 6.07) is -0.233. The van der Waals surface area contributed by atoms with Crippen LogP contribution in [0.25, 0.3) is 0 Å². The number of hydrogen-bond acceptors (Lipinski definition) is 3. The molecule has 0 radical (unpaired) electrons. The highest BCUT2D eigenvalue weighted by atomic mass is 16.2. The average Bonchev–Trinajstić information content (AvgIpc) is 2.08. The van der Waals surface area contributed by atoms with Gasteiger partial charge in [0.05, 0.1) is 0 Å². The maximum absolute atomic E-state index is 11.1. The second kappa shape index (κ2) is 3.84. The first-order valence-corrected chi connectivity index (χ1v) is 3.86. The van der Waals surface area contributed by atoms with Crippen LogP contribution in [0.1, 0.15) is 5.56 Å². The minimum atomic E-state index is -0.233. The molecule has 1 rings (SSSR count). The standard InChI is InChI=1S/C8H12N4O/c1-6-4-9-7(10-5-6)11-8(13)12(2)3/h4-5H,1-3H3,(H,9,10,11,13). The fourth-order valence-corrected chi connectivity index (χ4v) is 0.665. The van der Waals surface area contributed by atoms with Gasteiger partial charge < -0.3 is 4.90 Å². The normalized spacial score (nSPS) is 9.46. The zero-order chi connectivity index (χ0) is 9.84. The molecule has 0 aliphatic heterocycles. The summed E-state index contributed by atoms with van der Waals surface area (Å²) >= 11 is 0. The summed E-state index contributed by atoms with van der Waals surface area (Å²) < 4.78 is 0. The summed E-state index contributed by atoms with van der Waals surface area (Å²) in [7, 11) is 3.31. The number of nitrogens with zero attached hydrogens (tertiary/aromatic N) is 3. The fourth-order valence-electron chi connectivity index (χ4n) is 0.665. The van der Waals surface area contributed by atoms with Gasteiger partial charge in [0.25, 0.3) is 0 Å². The molecule has 5 nitrogen and oxygen atoms in total. The van der Waals surface area contributed by atoms with E-state index in [1.165, 1.54) is 4.90 Å². The maximum atomic E-state index is 11.1. The van der Waals surface area contributed by atoms with E-state index in [2.05, 4.69) is 15.3 Å². The Morgan fingerprint density at radius 1 is 1.38 bits per heavy atom. The van der Waals surface area contributed by atoms with Crippen LogP contribution >= 0.6 is 0 Å². The van der Waals surface area contributed by atoms with Gasteiger partial charge >= 0.3 is 6.03 Å². The van der Waals surface area contributed by atoms with Crippen LogP contribution in [-0.4, -0.2) is 35.0 Å². The molecule has 0 aliphatic rings. The van der Waals surface area contributed by atoms with Gasteiger partial charge in [-0.15, -0.1) is 0 Å². The Kier molecular flexibility index (Phi) is 2.79. The number of aryl methyl sites for hydroxylation is 1. The lowest BCUT2D eigenvalue weighted by molar-refractivity contribution is 0.230. The Bertz CT molecular complexity index is 294. The first-order chi connectivity index (χ1) is 6.09. The number of urea groups is 1. The van der Waals surface area contributed by atoms with Crippen LogP contribution in [0.4, 0.5) is 10.7 Å². The van der Waals surface area contributed by atoms with Gasteiger partial charge in [0.1, 0.15) is 0 Å². The molecule has 0 spiro atoms. The highest BCUT2D eigenvalue weighted by Gasteiger charge is 2.04. The summed E-state index contributed by atoms with van der Waals surface area (Å²) in [5.74, 6) is 0.323. The Morgan fingerprint density at radius 3 is 2.38 bits per heavy atom. The highest BCUT2D eigenvalue weighted by molar-refractivity contribution is 5.86. The molecule has 0 atom stereocenters. The summed E-state index contributed by atoms with van der Waals surface area (Å²) in [4.78, 5) is 20.4. The summed E-state index contributed by atoms with van der Waals surface area (Å²) in [5, 5.41) is 2.53. The zero-order valence-corrected chi connectivity index (χ0v) is 7.90. The quantitative estimate of drug-likeness (QED) is 0.697. The van der Waals surface area contributed by atoms with Crippen molar-refractivity contribution in [1.82, 2.24) is 14.9 Å². The number of anilines is 1. The molecule has 1 aromatic rings. The Morgan fingerprint density at radius 2 is 1.92 bits per heavy atom. The van der Waals surface area contributed by atoms with Crippen LogP contribution in [0.2, 0.25) is 0 Å². The lowest BCUT2D eigenvalue weighted by Gasteiger charge is -2.10. The van der Waals surface area contributed by atoms with Gasteiger partial charge in [-0.25, -0.2) is 14.8 Å². The number of rotatable bonds is 1. The van der Waals surface area contributed by atoms with Crippen molar-refractivity contribution < 1.29 is 4.79 Å². The molecule has 1 N–H and O–H groups in total. The molecule has 0 saturated carbocycles. The van der Waals surface area contributed by atoms with Gasteiger partial charge in [0.2, 0.25) is 5.95 Å². The van der Waals surface area contributed by atoms with Crippen LogP contribution < -0.4 is 5.32 Å². The third kappa shape index (κ3) is 2.70. The molecular weight excluding hydrogens is 168 g/mol. The molecule has 1 aromatic heterocycles. The molecule has 13 heavy (non-hydrogen) atoms. The van der Waals surface area contributed by atoms with Gasteiger partial charge in [-0.05, 0) is 12.5 Å². The average molecular weight is 180 g/mol. The van der Waals surface area contributed by atoms with Gasteiger partial charge in [0, 0.05) is 26.5 Å². The molecule has 0 aliphatic carbocycles. The molecule has 1 heterocycles. The van der Waals surface area contributed by atoms with Crippen molar-refractivity contribution in [2.75, 3.05) is 19.4 Å². The zero-order valence-electron chi connectivity index (χ0n) is 7.90. The summed E-state index contributed by atoms with van der Waals surface area (Å²) in [6.45, 7) is 1.89. The number of hydrogen-bond donors (Lipinski definition) is 1. The van der Waals surface area contributed by atoms with Crippen LogP contribution in [0.3, 0.4) is 0 Å². The van der Waals surface area contributed by atoms with Crippen LogP contribution in [0, 0.1) is 6.92 Å². The van der Waals surface area contributed by atoms with Gasteiger partial charge in [-0.1, -0.05) is 0 Å². The lowest BCUT2D eigenvalue weighted by Crippen LogP contribution is -2.28. The van der Waals surface area contributed by atoms with E-state index in [1.807, 2.05) is 6.92 Å². The minimum absolute atomic E-state index is 0.233. The van der Waals surface area contributed by atoms with Gasteiger partial charge in [-0.3, -0.25) is 5.32 Å². The summed E-state index contributed by atoms with van der Waals surface area (Å²) in [6.07, 6.45) is 3.30. The number of amides is 2. The minimum Gasteiger partial charge on any atom is -0.331 e. The van der Waals surface area contributed by atoms with Crippen molar-refractivity contribution in [3.63, 3.8) is 0 Å². The Labute approximate surface area is 76.8 Å². The van der Waals surface area contributed by atoms with E-state index in [-0.39, 0.29) is 6.03 Å². The smallest absolute Gasteiger partial charge is 0.323 e. The second-order valence-corrected chi connectivity index (χ2v) is 2.91. The van der Waals surface area contributed by atoms with Crippen molar-refractivity contribution in [3.8, 4) is 0 Å². The molecule has 5 heteroatoms. The van der Waals surface area contributed by atoms with E-state index in [4.69, 9.17) is 0 Å². The molecule has 70 valence electrons. The van der Waals surface area contributed by atoms with E-state index in [0.29, 0.717) is 5.95 Å². The van der Waals surface area contributed by atoms with Crippen molar-refractivity contribution >= 4 is 12.0 Å². The molecule has 0 aromatic carbocycles. The Balaban J connectivity index is 2.65. The van der Waals surface area contributed by atoms with Crippen LogP contribution in [0.15, 0.2) is 12.4 Å². The second-order valence-electron chi connectivity index (χ2n) is 2.91. The SMILES string of the molecule is Cc1cnc(NC(=O)N(C)C)nc1. The van der Waals surface area contributed by atoms with Crippen molar-refractivity contribution in [3.05, 3.63) is 18.0 Å². The lowest BCUT2D eigenvalue weighted by atomic mass is 10.4. The van der Waals surface area contributed by atoms with Crippen molar-refractivity contribution in [2.45, 2.75) is 6.92 Å². The van der Waals surface area contributed by atoms with Gasteiger partial charge in [-0.2, -0.15) is 0 Å². The summed E-state index contributed by atoms with van der Waals surface area (Å²) in [5.41, 5.74) is 0.961. The fraction of sp³-hybridized carbons (Fsp3) is 0.375. The largest absolute Gasteiger partial charge is 0.331 e. The first kappa shape index (κ1) is 9.44. The van der Waals surface area contributed by atoms with Gasteiger partial charge in [0.15, 0.2) is 0 Å². The highest BCUT2D eigenvalue weighted by Crippen LogP contribution is 1.98. The third-order valence-electron chi connectivity index (χ3n) is 1.41. The van der Waals surface area contributed by atoms with Crippen molar-refractivity contribution in [1.29, 1.82) is 0 Å². The number of nitrogens with one attached hydrogen (secondary N) is 1. The predicted octanol–water partition coefficient (Wildman–Crippen LogP) is 0.879. The predicted molar refractivity (Wildman–Crippen MR) is 49.5 cm³/mol. The molecule has 0 fully saturated rings. The van der Waals surface area contributed by atoms with Crippen LogP contribution in [-0.2, 0) is 0 Å². The topological polar surface area (TPSA) is 58.1 Å². The first-order valence-electron chi connectivity index (χ1n) is 3.86. The van der Waals surface area contributed by atoms with E-state index < -0.39 is 0 Å². The van der Waals surface area contributed by atoms with Crippen molar-refractivity contribution in [2.24, 2.45) is 0 Å². The van der Waals surface area contributed by atoms with E-state index in [0.717, 1.165) is 5.56 Å². The molecule has 2 amide bonds. The molecule has 0 unspecified atom stereocenters. The molecule has 0 saturated heterocycles. The Hall–Kier alpha value is -1.65. The number of carbonyl (C=O) groups excluding carboxylic acids is 1. The van der Waals surface area contributed by atoms with E-state index in [1.54, 1.807) is 26.5 Å². The molecular formula is C8H12N4O. The number of carbonyl (C=O) groups is 1. The van der Waals surface area contributed by atoms with E-state index >= 15 is 0 Å². The monoisotopic (exact) mass is 180 g/mol. The third-order valence-corrected chi connectivity index (χ3v) is 1.41. The van der Waals surface area contributed by atoms with Crippen LogP contribution in [0.5, 0.6) is 0 Å². The van der Waals surface area contributed by atoms with E-state index in [9.17, 15) is 4.79 Å². The molecule has 0 bridgehead atoms.